The second-order valence-electron chi connectivity index (χ2n) is 5.40. The molecule has 2 aromatic rings. The Balaban J connectivity index is 1.48. The summed E-state index contributed by atoms with van der Waals surface area (Å²) in [7, 11) is 0. The van der Waals surface area contributed by atoms with Crippen molar-refractivity contribution in [2.75, 3.05) is 19.6 Å². The van der Waals surface area contributed by atoms with Gasteiger partial charge >= 0.3 is 0 Å². The number of benzene rings is 1. The monoisotopic (exact) mass is 314 g/mol. The van der Waals surface area contributed by atoms with Crippen molar-refractivity contribution >= 4 is 11.8 Å². The molecule has 23 heavy (non-hydrogen) atoms. The van der Waals surface area contributed by atoms with Crippen molar-refractivity contribution in [3.63, 3.8) is 0 Å². The van der Waals surface area contributed by atoms with Crippen LogP contribution in [0.25, 0.3) is 11.4 Å². The molecular formula is C16H18N4O3. The second kappa shape index (κ2) is 7.04. The number of hydrogen-bond donors (Lipinski definition) is 1. The first-order valence-electron chi connectivity index (χ1n) is 7.65. The lowest BCUT2D eigenvalue weighted by Crippen LogP contribution is -2.49. The van der Waals surface area contributed by atoms with Crippen LogP contribution in [0.1, 0.15) is 18.7 Å². The highest BCUT2D eigenvalue weighted by atomic mass is 16.5. The number of carbonyl (C=O) groups excluding carboxylic acids is 2. The van der Waals surface area contributed by atoms with Crippen LogP contribution in [0.15, 0.2) is 34.9 Å². The maximum Gasteiger partial charge on any atom is 0.239 e. The number of aryl methyl sites for hydroxylation is 1. The zero-order valence-corrected chi connectivity index (χ0v) is 12.7. The highest BCUT2D eigenvalue weighted by Crippen LogP contribution is 2.15. The number of carbonyl (C=O) groups is 2. The molecule has 0 radical (unpaired) electrons. The summed E-state index contributed by atoms with van der Waals surface area (Å²) in [6, 6.07) is 9.59. The van der Waals surface area contributed by atoms with Crippen molar-refractivity contribution in [1.82, 2.24) is 20.4 Å². The van der Waals surface area contributed by atoms with Crippen LogP contribution in [0.4, 0.5) is 0 Å². The normalized spacial score (nSPS) is 14.6. The number of hydrogen-bond acceptors (Lipinski definition) is 5. The number of piperazine rings is 1. The van der Waals surface area contributed by atoms with Gasteiger partial charge in [-0.1, -0.05) is 35.5 Å². The minimum atomic E-state index is -0.103. The molecule has 0 atom stereocenters. The molecule has 7 heteroatoms. The van der Waals surface area contributed by atoms with E-state index in [0.717, 1.165) is 5.56 Å². The Hall–Kier alpha value is -2.70. The van der Waals surface area contributed by atoms with E-state index in [1.54, 1.807) is 4.90 Å². The fourth-order valence-electron chi connectivity index (χ4n) is 2.46. The standard InChI is InChI=1S/C16H18N4O3/c21-13-11-20(10-9-17-13)15(22)8-4-7-14-18-16(19-23-14)12-5-2-1-3-6-12/h1-3,5-6H,4,7-11H2,(H,17,21). The molecule has 0 bridgehead atoms. The maximum absolute atomic E-state index is 12.0. The van der Waals surface area contributed by atoms with E-state index >= 15 is 0 Å². The van der Waals surface area contributed by atoms with Crippen LogP contribution >= 0.6 is 0 Å². The zero-order valence-electron chi connectivity index (χ0n) is 12.7. The van der Waals surface area contributed by atoms with Gasteiger partial charge in [-0.25, -0.2) is 0 Å². The van der Waals surface area contributed by atoms with Gasteiger partial charge in [0, 0.05) is 31.5 Å². The van der Waals surface area contributed by atoms with Crippen molar-refractivity contribution in [3.8, 4) is 11.4 Å². The predicted molar refractivity (Wildman–Crippen MR) is 82.3 cm³/mol. The molecular weight excluding hydrogens is 296 g/mol. The van der Waals surface area contributed by atoms with Gasteiger partial charge in [0.15, 0.2) is 0 Å². The van der Waals surface area contributed by atoms with Gasteiger partial charge in [0.25, 0.3) is 0 Å². The summed E-state index contributed by atoms with van der Waals surface area (Å²) in [5.74, 6) is 0.962. The Kier molecular flexibility index (Phi) is 4.65. The molecule has 0 unspecified atom stereocenters. The van der Waals surface area contributed by atoms with E-state index in [4.69, 9.17) is 4.52 Å². The molecule has 0 saturated carbocycles. The third-order valence-electron chi connectivity index (χ3n) is 3.67. The quantitative estimate of drug-likeness (QED) is 0.890. The van der Waals surface area contributed by atoms with E-state index in [1.165, 1.54) is 0 Å². The average Bonchev–Trinajstić information content (AvgIpc) is 3.04. The average molecular weight is 314 g/mol. The van der Waals surface area contributed by atoms with E-state index in [0.29, 0.717) is 44.1 Å². The van der Waals surface area contributed by atoms with Gasteiger partial charge in [-0.2, -0.15) is 4.98 Å². The first-order valence-corrected chi connectivity index (χ1v) is 7.65. The summed E-state index contributed by atoms with van der Waals surface area (Å²) in [5, 5.41) is 6.65. The summed E-state index contributed by atoms with van der Waals surface area (Å²) in [5.41, 5.74) is 0.901. The van der Waals surface area contributed by atoms with E-state index < -0.39 is 0 Å². The summed E-state index contributed by atoms with van der Waals surface area (Å²) in [6.45, 7) is 1.25. The lowest BCUT2D eigenvalue weighted by atomic mass is 10.2. The van der Waals surface area contributed by atoms with Crippen LogP contribution in [0, 0.1) is 0 Å². The van der Waals surface area contributed by atoms with Gasteiger partial charge in [-0.3, -0.25) is 9.59 Å². The van der Waals surface area contributed by atoms with E-state index in [-0.39, 0.29) is 18.4 Å². The highest BCUT2D eigenvalue weighted by molar-refractivity contribution is 5.85. The van der Waals surface area contributed by atoms with Crippen LogP contribution in [-0.2, 0) is 16.0 Å². The first kappa shape index (κ1) is 15.2. The molecule has 120 valence electrons. The molecule has 1 aromatic heterocycles. The van der Waals surface area contributed by atoms with E-state index in [9.17, 15) is 9.59 Å². The van der Waals surface area contributed by atoms with E-state index in [1.807, 2.05) is 30.3 Å². The molecule has 2 heterocycles. The van der Waals surface area contributed by atoms with Crippen molar-refractivity contribution in [2.45, 2.75) is 19.3 Å². The summed E-state index contributed by atoms with van der Waals surface area (Å²) >= 11 is 0. The number of amides is 2. The molecule has 0 aliphatic carbocycles. The summed E-state index contributed by atoms with van der Waals surface area (Å²) < 4.78 is 5.21. The molecule has 1 saturated heterocycles. The number of rotatable bonds is 5. The van der Waals surface area contributed by atoms with Gasteiger partial charge in [0.1, 0.15) is 0 Å². The number of nitrogens with one attached hydrogen (secondary N) is 1. The Morgan fingerprint density at radius 3 is 2.91 bits per heavy atom. The minimum Gasteiger partial charge on any atom is -0.353 e. The highest BCUT2D eigenvalue weighted by Gasteiger charge is 2.20. The smallest absolute Gasteiger partial charge is 0.239 e. The Morgan fingerprint density at radius 2 is 2.13 bits per heavy atom. The molecule has 1 fully saturated rings. The van der Waals surface area contributed by atoms with Crippen LogP contribution < -0.4 is 5.32 Å². The Labute approximate surface area is 133 Å². The third kappa shape index (κ3) is 3.94. The lowest BCUT2D eigenvalue weighted by Gasteiger charge is -2.26. The molecule has 7 nitrogen and oxygen atoms in total. The molecule has 2 amide bonds. The topological polar surface area (TPSA) is 88.3 Å². The number of aromatic nitrogens is 2. The summed E-state index contributed by atoms with van der Waals surface area (Å²) in [6.07, 6.45) is 1.54. The van der Waals surface area contributed by atoms with Crippen LogP contribution in [0.5, 0.6) is 0 Å². The molecule has 1 aromatic carbocycles. The van der Waals surface area contributed by atoms with Gasteiger partial charge < -0.3 is 14.7 Å². The minimum absolute atomic E-state index is 0.0114. The van der Waals surface area contributed by atoms with Crippen LogP contribution in [-0.4, -0.2) is 46.5 Å². The van der Waals surface area contributed by atoms with Gasteiger partial charge in [0.05, 0.1) is 6.54 Å². The van der Waals surface area contributed by atoms with Gasteiger partial charge in [0.2, 0.25) is 23.5 Å². The fraction of sp³-hybridized carbons (Fsp3) is 0.375. The number of nitrogens with zero attached hydrogens (tertiary/aromatic N) is 3. The van der Waals surface area contributed by atoms with Crippen molar-refractivity contribution in [3.05, 3.63) is 36.2 Å². The summed E-state index contributed by atoms with van der Waals surface area (Å²) in [4.78, 5) is 29.2. The Bertz CT molecular complexity index is 684. The van der Waals surface area contributed by atoms with Crippen molar-refractivity contribution in [1.29, 1.82) is 0 Å². The van der Waals surface area contributed by atoms with Gasteiger partial charge in [-0.15, -0.1) is 0 Å². The fourth-order valence-corrected chi connectivity index (χ4v) is 2.46. The van der Waals surface area contributed by atoms with Gasteiger partial charge in [-0.05, 0) is 6.42 Å². The van der Waals surface area contributed by atoms with Crippen LogP contribution in [0.3, 0.4) is 0 Å². The SMILES string of the molecule is O=C1CN(C(=O)CCCc2nc(-c3ccccc3)no2)CCN1. The first-order chi connectivity index (χ1) is 11.2. The predicted octanol–water partition coefficient (Wildman–Crippen LogP) is 1.02. The zero-order chi connectivity index (χ0) is 16.1. The second-order valence-corrected chi connectivity index (χ2v) is 5.40. The molecule has 0 spiro atoms. The van der Waals surface area contributed by atoms with E-state index in [2.05, 4.69) is 15.5 Å². The molecule has 1 aliphatic rings. The molecule has 1 aliphatic heterocycles. The largest absolute Gasteiger partial charge is 0.353 e. The third-order valence-corrected chi connectivity index (χ3v) is 3.67. The lowest BCUT2D eigenvalue weighted by molar-refractivity contribution is -0.138. The van der Waals surface area contributed by atoms with Crippen molar-refractivity contribution in [2.24, 2.45) is 0 Å². The molecule has 3 rings (SSSR count). The molecule has 1 N–H and O–H groups in total. The van der Waals surface area contributed by atoms with Crippen molar-refractivity contribution < 1.29 is 14.1 Å². The van der Waals surface area contributed by atoms with Crippen LogP contribution in [0.2, 0.25) is 0 Å². The maximum atomic E-state index is 12.0. The Morgan fingerprint density at radius 1 is 1.30 bits per heavy atom.